The van der Waals surface area contributed by atoms with Gasteiger partial charge in [0, 0.05) is 29.6 Å². The molecule has 1 aromatic heterocycles. The van der Waals surface area contributed by atoms with Crippen LogP contribution in [0.2, 0.25) is 0 Å². The zero-order chi connectivity index (χ0) is 27.0. The van der Waals surface area contributed by atoms with Gasteiger partial charge in [-0.2, -0.15) is 13.2 Å². The molecule has 2 aromatic carbocycles. The number of fused-ring (bicyclic) bond motifs is 1. The molecular formula is C28H31F3N2O4. The van der Waals surface area contributed by atoms with Crippen LogP contribution in [0.15, 0.2) is 42.5 Å². The first-order valence-electron chi connectivity index (χ1n) is 12.0. The molecule has 37 heavy (non-hydrogen) atoms. The molecule has 198 valence electrons. The predicted molar refractivity (Wildman–Crippen MR) is 137 cm³/mol. The summed E-state index contributed by atoms with van der Waals surface area (Å²) in [7, 11) is 2.99. The summed E-state index contributed by atoms with van der Waals surface area (Å²) in [6.45, 7) is 6.30. The van der Waals surface area contributed by atoms with Crippen LogP contribution in [0, 0.1) is 0 Å². The maximum absolute atomic E-state index is 13.7. The van der Waals surface area contributed by atoms with E-state index in [9.17, 15) is 18.0 Å². The van der Waals surface area contributed by atoms with E-state index in [1.807, 2.05) is 32.9 Å². The number of nitrogens with zero attached hydrogens (tertiary/aromatic N) is 1. The van der Waals surface area contributed by atoms with Crippen LogP contribution in [0.5, 0.6) is 11.5 Å². The molecule has 0 saturated carbocycles. The maximum Gasteiger partial charge on any atom is 0.410 e. The highest BCUT2D eigenvalue weighted by molar-refractivity contribution is 5.93. The van der Waals surface area contributed by atoms with Crippen molar-refractivity contribution >= 4 is 22.6 Å². The average Bonchev–Trinajstić information content (AvgIpc) is 3.18. The number of amides is 1. The zero-order valence-electron chi connectivity index (χ0n) is 21.6. The number of aromatic nitrogens is 1. The van der Waals surface area contributed by atoms with Crippen molar-refractivity contribution in [3.8, 4) is 22.8 Å². The van der Waals surface area contributed by atoms with Gasteiger partial charge in [-0.25, -0.2) is 4.79 Å². The van der Waals surface area contributed by atoms with Crippen LogP contribution in [-0.2, 0) is 11.2 Å². The second kappa shape index (κ2) is 10.0. The largest absolute Gasteiger partial charge is 0.493 e. The number of hydrogen-bond acceptors (Lipinski definition) is 4. The Morgan fingerprint density at radius 3 is 2.30 bits per heavy atom. The van der Waals surface area contributed by atoms with Gasteiger partial charge in [-0.1, -0.05) is 12.1 Å². The Kier molecular flexibility index (Phi) is 7.17. The monoisotopic (exact) mass is 516 g/mol. The summed E-state index contributed by atoms with van der Waals surface area (Å²) in [4.78, 5) is 17.2. The van der Waals surface area contributed by atoms with Crippen LogP contribution in [0.1, 0.15) is 38.3 Å². The van der Waals surface area contributed by atoms with Gasteiger partial charge in [0.2, 0.25) is 0 Å². The molecule has 4 rings (SSSR count). The standard InChI is InChI=1S/C28H31F3N2O4/c1-27(2,3)37-26(34)33-12-10-17(11-13-33)18-6-8-22-20(14-18)21(16-28(29,30)31)25(32-22)19-7-9-23(35-4)24(15-19)36-5/h6-10,14-15,32H,11-13,16H2,1-5H3. The molecule has 2 heterocycles. The number of aromatic amines is 1. The minimum Gasteiger partial charge on any atom is -0.493 e. The number of rotatable bonds is 5. The molecule has 1 amide bonds. The Balaban J connectivity index is 1.71. The lowest BCUT2D eigenvalue weighted by molar-refractivity contribution is -0.126. The van der Waals surface area contributed by atoms with Crippen LogP contribution < -0.4 is 9.47 Å². The van der Waals surface area contributed by atoms with Gasteiger partial charge in [-0.3, -0.25) is 0 Å². The van der Waals surface area contributed by atoms with Crippen LogP contribution in [0.3, 0.4) is 0 Å². The lowest BCUT2D eigenvalue weighted by Crippen LogP contribution is -2.39. The topological polar surface area (TPSA) is 63.8 Å². The van der Waals surface area contributed by atoms with Gasteiger partial charge in [0.05, 0.1) is 26.3 Å². The van der Waals surface area contributed by atoms with E-state index in [1.54, 1.807) is 35.2 Å². The van der Waals surface area contributed by atoms with Gasteiger partial charge in [0.1, 0.15) is 5.60 Å². The SMILES string of the molecule is COc1ccc(-c2[nH]c3ccc(C4=CCN(C(=O)OC(C)(C)C)CC4)cc3c2CC(F)(F)F)cc1OC. The van der Waals surface area contributed by atoms with Crippen molar-refractivity contribution < 1.29 is 32.2 Å². The highest BCUT2D eigenvalue weighted by Crippen LogP contribution is 2.39. The van der Waals surface area contributed by atoms with Crippen molar-refractivity contribution in [2.45, 2.75) is 45.4 Å². The Morgan fingerprint density at radius 2 is 1.70 bits per heavy atom. The molecule has 0 spiro atoms. The fraction of sp³-hybridized carbons (Fsp3) is 0.393. The molecule has 6 nitrogen and oxygen atoms in total. The highest BCUT2D eigenvalue weighted by Gasteiger charge is 2.32. The van der Waals surface area contributed by atoms with Gasteiger partial charge < -0.3 is 24.1 Å². The number of carbonyl (C=O) groups is 1. The third kappa shape index (κ3) is 6.03. The molecule has 0 atom stereocenters. The first-order valence-corrected chi connectivity index (χ1v) is 12.0. The summed E-state index contributed by atoms with van der Waals surface area (Å²) in [5.41, 5.74) is 2.97. The van der Waals surface area contributed by atoms with Crippen molar-refractivity contribution in [2.24, 2.45) is 0 Å². The second-order valence-corrected chi connectivity index (χ2v) is 10.0. The lowest BCUT2D eigenvalue weighted by Gasteiger charge is -2.29. The molecule has 9 heteroatoms. The molecular weight excluding hydrogens is 485 g/mol. The van der Waals surface area contributed by atoms with E-state index < -0.39 is 18.2 Å². The number of ether oxygens (including phenoxy) is 3. The number of carbonyl (C=O) groups excluding carboxylic acids is 1. The molecule has 0 aliphatic carbocycles. The van der Waals surface area contributed by atoms with E-state index in [2.05, 4.69) is 4.98 Å². The van der Waals surface area contributed by atoms with Crippen molar-refractivity contribution in [1.29, 1.82) is 0 Å². The van der Waals surface area contributed by atoms with Crippen LogP contribution in [0.4, 0.5) is 18.0 Å². The number of methoxy groups -OCH3 is 2. The summed E-state index contributed by atoms with van der Waals surface area (Å²) >= 11 is 0. The van der Waals surface area contributed by atoms with E-state index in [0.29, 0.717) is 53.2 Å². The number of halogens is 3. The number of benzene rings is 2. The van der Waals surface area contributed by atoms with E-state index in [4.69, 9.17) is 14.2 Å². The van der Waals surface area contributed by atoms with E-state index >= 15 is 0 Å². The Hall–Kier alpha value is -3.62. The number of H-pyrrole nitrogens is 1. The molecule has 0 radical (unpaired) electrons. The van der Waals surface area contributed by atoms with Crippen LogP contribution >= 0.6 is 0 Å². The number of nitrogens with one attached hydrogen (secondary N) is 1. The predicted octanol–water partition coefficient (Wildman–Crippen LogP) is 6.98. The summed E-state index contributed by atoms with van der Waals surface area (Å²) in [6.07, 6.45) is -3.34. The third-order valence-electron chi connectivity index (χ3n) is 6.19. The lowest BCUT2D eigenvalue weighted by atomic mass is 9.96. The summed E-state index contributed by atoms with van der Waals surface area (Å²) in [5, 5.41) is 0.509. The van der Waals surface area contributed by atoms with Crippen LogP contribution in [-0.4, -0.2) is 55.1 Å². The normalized spacial score (nSPS) is 14.5. The molecule has 0 bridgehead atoms. The van der Waals surface area contributed by atoms with Crippen molar-refractivity contribution in [2.75, 3.05) is 27.3 Å². The minimum absolute atomic E-state index is 0.170. The van der Waals surface area contributed by atoms with Crippen molar-refractivity contribution in [3.05, 3.63) is 53.6 Å². The third-order valence-corrected chi connectivity index (χ3v) is 6.19. The fourth-order valence-electron chi connectivity index (χ4n) is 4.49. The molecule has 0 fully saturated rings. The summed E-state index contributed by atoms with van der Waals surface area (Å²) in [6, 6.07) is 10.5. The first-order chi connectivity index (χ1) is 17.4. The number of alkyl halides is 3. The van der Waals surface area contributed by atoms with Gasteiger partial charge in [0.15, 0.2) is 11.5 Å². The van der Waals surface area contributed by atoms with E-state index in [1.165, 1.54) is 14.2 Å². The van der Waals surface area contributed by atoms with Gasteiger partial charge in [-0.15, -0.1) is 0 Å². The van der Waals surface area contributed by atoms with Crippen LogP contribution in [0.25, 0.3) is 27.7 Å². The fourth-order valence-corrected chi connectivity index (χ4v) is 4.49. The van der Waals surface area contributed by atoms with Gasteiger partial charge in [-0.05, 0) is 74.2 Å². The second-order valence-electron chi connectivity index (χ2n) is 10.0. The van der Waals surface area contributed by atoms with Crippen molar-refractivity contribution in [3.63, 3.8) is 0 Å². The zero-order valence-corrected chi connectivity index (χ0v) is 21.6. The molecule has 0 saturated heterocycles. The smallest absolute Gasteiger partial charge is 0.410 e. The molecule has 3 aromatic rings. The van der Waals surface area contributed by atoms with E-state index in [-0.39, 0.29) is 11.7 Å². The number of hydrogen-bond donors (Lipinski definition) is 1. The average molecular weight is 517 g/mol. The Morgan fingerprint density at radius 1 is 1.00 bits per heavy atom. The molecule has 1 N–H and O–H groups in total. The minimum atomic E-state index is -4.39. The quantitative estimate of drug-likeness (QED) is 0.397. The highest BCUT2D eigenvalue weighted by atomic mass is 19.4. The van der Waals surface area contributed by atoms with E-state index in [0.717, 1.165) is 11.1 Å². The maximum atomic E-state index is 13.7. The van der Waals surface area contributed by atoms with Gasteiger partial charge in [0.25, 0.3) is 0 Å². The molecule has 1 aliphatic rings. The molecule has 0 unspecified atom stereocenters. The Bertz CT molecular complexity index is 1340. The summed E-state index contributed by atoms with van der Waals surface area (Å²) < 4.78 is 57.1. The summed E-state index contributed by atoms with van der Waals surface area (Å²) in [5.74, 6) is 0.922. The first kappa shape index (κ1) is 26.4. The Labute approximate surface area is 214 Å². The van der Waals surface area contributed by atoms with Gasteiger partial charge >= 0.3 is 12.3 Å². The molecule has 1 aliphatic heterocycles. The van der Waals surface area contributed by atoms with Crippen molar-refractivity contribution in [1.82, 2.24) is 9.88 Å².